The maximum atomic E-state index is 13.5. The van der Waals surface area contributed by atoms with Gasteiger partial charge in [0.15, 0.2) is 5.82 Å². The van der Waals surface area contributed by atoms with E-state index in [-0.39, 0.29) is 18.6 Å². The van der Waals surface area contributed by atoms with Gasteiger partial charge in [0.25, 0.3) is 0 Å². The standard InChI is InChI=1S/C27H27N5O2S/c1-17-9-11-20(12-10-17)24-25(26(33)28-21-14-18(2)13-19(3)15-21)35-27-30-29-23(32(27)31-24)16-34-22-7-5-4-6-8-22/h4-15,24-25,31H,16H2,1-3H3,(H,28,33)/t24-,25+/m0/s1. The molecule has 35 heavy (non-hydrogen) atoms. The number of thioether (sulfide) groups is 1. The molecule has 0 unspecified atom stereocenters. The molecule has 1 aliphatic heterocycles. The molecule has 1 aliphatic rings. The van der Waals surface area contributed by atoms with Gasteiger partial charge in [0, 0.05) is 5.69 Å². The number of aromatic nitrogens is 3. The summed E-state index contributed by atoms with van der Waals surface area (Å²) in [6, 6.07) is 23.6. The fourth-order valence-corrected chi connectivity index (χ4v) is 5.24. The Morgan fingerprint density at radius 1 is 0.971 bits per heavy atom. The molecular formula is C27H27N5O2S. The van der Waals surface area contributed by atoms with Crippen LogP contribution in [0.5, 0.6) is 5.75 Å². The Morgan fingerprint density at radius 3 is 2.40 bits per heavy atom. The number of anilines is 1. The second-order valence-corrected chi connectivity index (χ2v) is 9.87. The highest BCUT2D eigenvalue weighted by atomic mass is 32.2. The Labute approximate surface area is 208 Å². The quantitative estimate of drug-likeness (QED) is 0.392. The predicted octanol–water partition coefficient (Wildman–Crippen LogP) is 5.18. The smallest absolute Gasteiger partial charge is 0.240 e. The molecule has 0 aliphatic carbocycles. The predicted molar refractivity (Wildman–Crippen MR) is 138 cm³/mol. The first-order chi connectivity index (χ1) is 17.0. The van der Waals surface area contributed by atoms with Crippen LogP contribution >= 0.6 is 11.8 Å². The van der Waals surface area contributed by atoms with Crippen LogP contribution in [0.3, 0.4) is 0 Å². The average Bonchev–Trinajstić information content (AvgIpc) is 3.24. The normalized spacial score (nSPS) is 16.8. The van der Waals surface area contributed by atoms with Crippen molar-refractivity contribution >= 4 is 23.4 Å². The van der Waals surface area contributed by atoms with Crippen LogP contribution in [0.1, 0.15) is 34.1 Å². The monoisotopic (exact) mass is 485 g/mol. The molecule has 178 valence electrons. The van der Waals surface area contributed by atoms with E-state index in [1.165, 1.54) is 11.8 Å². The number of ether oxygens (including phenoxy) is 1. The number of carbonyl (C=O) groups excluding carboxylic acids is 1. The lowest BCUT2D eigenvalue weighted by Gasteiger charge is -2.33. The van der Waals surface area contributed by atoms with Crippen LogP contribution in [0.25, 0.3) is 0 Å². The van der Waals surface area contributed by atoms with Gasteiger partial charge in [-0.3, -0.25) is 4.79 Å². The summed E-state index contributed by atoms with van der Waals surface area (Å²) >= 11 is 1.40. The number of nitrogens with one attached hydrogen (secondary N) is 2. The molecule has 0 fully saturated rings. The Kier molecular flexibility index (Phi) is 6.46. The van der Waals surface area contributed by atoms with E-state index in [2.05, 4.69) is 51.3 Å². The zero-order valence-corrected chi connectivity index (χ0v) is 20.7. The molecule has 0 spiro atoms. The number of hydrogen-bond donors (Lipinski definition) is 2. The molecule has 0 saturated heterocycles. The van der Waals surface area contributed by atoms with Crippen molar-refractivity contribution in [2.24, 2.45) is 0 Å². The molecule has 2 N–H and O–H groups in total. The van der Waals surface area contributed by atoms with Gasteiger partial charge in [0.05, 0.1) is 6.04 Å². The third-order valence-electron chi connectivity index (χ3n) is 5.80. The van der Waals surface area contributed by atoms with E-state index in [1.807, 2.05) is 67.9 Å². The highest BCUT2D eigenvalue weighted by Gasteiger charge is 2.38. The van der Waals surface area contributed by atoms with E-state index in [0.717, 1.165) is 33.7 Å². The van der Waals surface area contributed by atoms with Gasteiger partial charge >= 0.3 is 0 Å². The second kappa shape index (κ2) is 9.84. The summed E-state index contributed by atoms with van der Waals surface area (Å²) in [5.41, 5.74) is 8.66. The summed E-state index contributed by atoms with van der Waals surface area (Å²) in [5, 5.41) is 11.9. The lowest BCUT2D eigenvalue weighted by molar-refractivity contribution is -0.116. The van der Waals surface area contributed by atoms with Gasteiger partial charge in [-0.05, 0) is 61.7 Å². The molecule has 0 bridgehead atoms. The molecule has 2 heterocycles. The number of amides is 1. The molecule has 3 aromatic carbocycles. The van der Waals surface area contributed by atoms with Gasteiger partial charge in [-0.1, -0.05) is 65.9 Å². The minimum absolute atomic E-state index is 0.0885. The Bertz CT molecular complexity index is 1320. The maximum absolute atomic E-state index is 13.5. The summed E-state index contributed by atoms with van der Waals surface area (Å²) < 4.78 is 7.73. The minimum atomic E-state index is -0.446. The first-order valence-electron chi connectivity index (χ1n) is 11.5. The van der Waals surface area contributed by atoms with Gasteiger partial charge in [0.2, 0.25) is 11.1 Å². The van der Waals surface area contributed by atoms with Gasteiger partial charge in [-0.2, -0.15) is 0 Å². The SMILES string of the molecule is Cc1ccc([C@@H]2Nn3c(COc4ccccc4)nnc3S[C@H]2C(=O)Nc2cc(C)cc(C)c2)cc1. The van der Waals surface area contributed by atoms with Crippen molar-refractivity contribution in [2.45, 2.75) is 43.8 Å². The van der Waals surface area contributed by atoms with Crippen molar-refractivity contribution in [3.8, 4) is 5.75 Å². The number of nitrogens with zero attached hydrogens (tertiary/aromatic N) is 3. The largest absolute Gasteiger partial charge is 0.486 e. The zero-order chi connectivity index (χ0) is 24.4. The molecule has 4 aromatic rings. The average molecular weight is 486 g/mol. The minimum Gasteiger partial charge on any atom is -0.486 e. The fourth-order valence-electron chi connectivity index (χ4n) is 4.14. The molecule has 8 heteroatoms. The number of para-hydroxylation sites is 1. The van der Waals surface area contributed by atoms with Crippen LogP contribution in [-0.4, -0.2) is 26.0 Å². The Morgan fingerprint density at radius 2 is 1.69 bits per heavy atom. The Balaban J connectivity index is 1.42. The van der Waals surface area contributed by atoms with E-state index in [4.69, 9.17) is 4.74 Å². The van der Waals surface area contributed by atoms with Gasteiger partial charge < -0.3 is 15.5 Å². The highest BCUT2D eigenvalue weighted by molar-refractivity contribution is 8.00. The first kappa shape index (κ1) is 23.0. The molecule has 7 nitrogen and oxygen atoms in total. The molecule has 0 radical (unpaired) electrons. The number of aryl methyl sites for hydroxylation is 3. The molecule has 2 atom stereocenters. The summed E-state index contributed by atoms with van der Waals surface area (Å²) in [6.45, 7) is 6.35. The number of hydrogen-bond acceptors (Lipinski definition) is 6. The molecular weight excluding hydrogens is 458 g/mol. The number of benzene rings is 3. The molecule has 5 rings (SSSR count). The molecule has 0 saturated carbocycles. The third kappa shape index (κ3) is 5.17. The highest BCUT2D eigenvalue weighted by Crippen LogP contribution is 2.38. The van der Waals surface area contributed by atoms with Crippen molar-refractivity contribution in [3.05, 3.63) is 101 Å². The lowest BCUT2D eigenvalue weighted by Crippen LogP contribution is -2.41. The Hall–Kier alpha value is -3.78. The van der Waals surface area contributed by atoms with Crippen LogP contribution < -0.4 is 15.5 Å². The van der Waals surface area contributed by atoms with Crippen molar-refractivity contribution in [2.75, 3.05) is 10.7 Å². The second-order valence-electron chi connectivity index (χ2n) is 8.76. The van der Waals surface area contributed by atoms with E-state index in [1.54, 1.807) is 0 Å². The van der Waals surface area contributed by atoms with Crippen LogP contribution in [0, 0.1) is 20.8 Å². The third-order valence-corrected chi connectivity index (χ3v) is 7.01. The molecule has 1 amide bonds. The zero-order valence-electron chi connectivity index (χ0n) is 19.9. The van der Waals surface area contributed by atoms with Crippen LogP contribution in [0.4, 0.5) is 5.69 Å². The first-order valence-corrected chi connectivity index (χ1v) is 12.4. The van der Waals surface area contributed by atoms with Crippen molar-refractivity contribution in [3.63, 3.8) is 0 Å². The van der Waals surface area contributed by atoms with Gasteiger partial charge in [-0.25, -0.2) is 4.68 Å². The summed E-state index contributed by atoms with van der Waals surface area (Å²) in [4.78, 5) is 13.5. The number of carbonyl (C=O) groups is 1. The van der Waals surface area contributed by atoms with Crippen LogP contribution in [-0.2, 0) is 11.4 Å². The van der Waals surface area contributed by atoms with E-state index >= 15 is 0 Å². The lowest BCUT2D eigenvalue weighted by atomic mass is 10.0. The fraction of sp³-hybridized carbons (Fsp3) is 0.222. The topological polar surface area (TPSA) is 81.1 Å². The number of fused-ring (bicyclic) bond motifs is 1. The summed E-state index contributed by atoms with van der Waals surface area (Å²) in [6.07, 6.45) is 0. The van der Waals surface area contributed by atoms with Crippen molar-refractivity contribution in [1.29, 1.82) is 0 Å². The van der Waals surface area contributed by atoms with Gasteiger partial charge in [-0.15, -0.1) is 10.2 Å². The van der Waals surface area contributed by atoms with E-state index in [9.17, 15) is 4.79 Å². The van der Waals surface area contributed by atoms with Gasteiger partial charge in [0.1, 0.15) is 17.6 Å². The van der Waals surface area contributed by atoms with Crippen molar-refractivity contribution in [1.82, 2.24) is 14.9 Å². The van der Waals surface area contributed by atoms with E-state index < -0.39 is 5.25 Å². The van der Waals surface area contributed by atoms with Crippen LogP contribution in [0.2, 0.25) is 0 Å². The summed E-state index contributed by atoms with van der Waals surface area (Å²) in [5.74, 6) is 1.31. The summed E-state index contributed by atoms with van der Waals surface area (Å²) in [7, 11) is 0. The van der Waals surface area contributed by atoms with Crippen LogP contribution in [0.15, 0.2) is 78.0 Å². The van der Waals surface area contributed by atoms with Crippen molar-refractivity contribution < 1.29 is 9.53 Å². The number of rotatable bonds is 6. The molecule has 1 aromatic heterocycles. The maximum Gasteiger partial charge on any atom is 0.240 e. The van der Waals surface area contributed by atoms with E-state index in [0.29, 0.717) is 11.0 Å².